The fourth-order valence-electron chi connectivity index (χ4n) is 6.68. The van der Waals surface area contributed by atoms with Crippen LogP contribution in [0.2, 0.25) is 0 Å². The molecule has 1 aromatic carbocycles. The Balaban J connectivity index is 0.0000250. The van der Waals surface area contributed by atoms with E-state index in [0.29, 0.717) is 12.1 Å². The minimum atomic E-state index is -4.54. The molecule has 0 heterocycles. The topological polar surface area (TPSA) is 113 Å². The third-order valence-electron chi connectivity index (χ3n) is 9.83. The van der Waals surface area contributed by atoms with Gasteiger partial charge >= 0.3 is 0 Å². The van der Waals surface area contributed by atoms with Gasteiger partial charge in [0.1, 0.15) is 4.90 Å². The summed E-state index contributed by atoms with van der Waals surface area (Å²) in [5.74, 6) is -0.444. The van der Waals surface area contributed by atoms with E-state index < -0.39 is 10.1 Å². The fourth-order valence-corrected chi connectivity index (χ4v) is 7.31. The number of rotatable bonds is 35. The molecule has 0 unspecified atom stereocenters. The molecule has 7 nitrogen and oxygen atoms in total. The zero-order valence-corrected chi connectivity index (χ0v) is 36.2. The number of anilines is 2. The van der Waals surface area contributed by atoms with Crippen molar-refractivity contribution < 1.29 is 22.6 Å². The van der Waals surface area contributed by atoms with Crippen LogP contribution in [0.15, 0.2) is 23.1 Å². The number of carbonyl (C=O) groups is 2. The molecule has 0 bridgehead atoms. The van der Waals surface area contributed by atoms with E-state index in [1.54, 1.807) is 0 Å². The second-order valence-corrected chi connectivity index (χ2v) is 16.1. The monoisotopic (exact) mass is 744 g/mol. The number of hydrogen-bond acceptors (Lipinski definition) is 4. The molecule has 0 spiro atoms. The molecule has 1 rings (SSSR count). The molecule has 3 N–H and O–H groups in total. The first-order valence-electron chi connectivity index (χ1n) is 21.0. The Morgan fingerprint density at radius 2 is 0.784 bits per heavy atom. The van der Waals surface area contributed by atoms with Crippen molar-refractivity contribution in [3.05, 3.63) is 18.2 Å². The quantitative estimate of drug-likeness (QED) is 0.0364. The summed E-state index contributed by atoms with van der Waals surface area (Å²) in [6, 6.07) is 4.08. The SMILES string of the molecule is CCCCCCCCCCCCCCCCCC(=O)Nc1ccc(S(=O)(=O)O)c(NC(=O)CCCCCCCCCCCCCCCCC)c1.[Na]. The molecule has 2 amide bonds. The van der Waals surface area contributed by atoms with E-state index in [9.17, 15) is 22.6 Å². The number of hydrogen-bond donors (Lipinski definition) is 3. The van der Waals surface area contributed by atoms with Crippen molar-refractivity contribution in [2.45, 2.75) is 224 Å². The van der Waals surface area contributed by atoms with Gasteiger partial charge in [0.15, 0.2) is 0 Å². The standard InChI is InChI=1S/C42H76N2O5S.Na/c1-3-5-7-9-11-13-15-17-19-21-23-25-27-29-31-33-41(45)43-38-35-36-40(50(47,48)49)39(37-38)44-42(46)34-32-30-28-26-24-22-20-18-16-14-12-10-8-6-4-2;/h35-37H,3-34H2,1-2H3,(H,43,45)(H,44,46)(H,47,48,49);. The van der Waals surface area contributed by atoms with Crippen LogP contribution in [-0.2, 0) is 19.7 Å². The predicted octanol–water partition coefficient (Wildman–Crippen LogP) is 13.0. The van der Waals surface area contributed by atoms with Gasteiger partial charge in [0, 0.05) is 48.1 Å². The number of amides is 2. The van der Waals surface area contributed by atoms with Crippen molar-refractivity contribution in [3.63, 3.8) is 0 Å². The molecule has 0 aliphatic rings. The van der Waals surface area contributed by atoms with Gasteiger partial charge in [0.25, 0.3) is 10.1 Å². The van der Waals surface area contributed by atoms with Crippen molar-refractivity contribution in [2.75, 3.05) is 10.6 Å². The van der Waals surface area contributed by atoms with Gasteiger partial charge in [0.2, 0.25) is 11.8 Å². The van der Waals surface area contributed by atoms with Crippen molar-refractivity contribution in [2.24, 2.45) is 0 Å². The average molecular weight is 744 g/mol. The molecule has 0 saturated heterocycles. The maximum Gasteiger partial charge on any atom is 0.296 e. The Morgan fingerprint density at radius 3 is 1.10 bits per heavy atom. The second-order valence-electron chi connectivity index (χ2n) is 14.7. The van der Waals surface area contributed by atoms with E-state index in [2.05, 4.69) is 24.5 Å². The number of unbranched alkanes of at least 4 members (excludes halogenated alkanes) is 28. The summed E-state index contributed by atoms with van der Waals surface area (Å²) in [6.45, 7) is 4.52. The van der Waals surface area contributed by atoms with Gasteiger partial charge in [-0.05, 0) is 31.0 Å². The minimum Gasteiger partial charge on any atom is -0.326 e. The maximum atomic E-state index is 12.7. The molecule has 51 heavy (non-hydrogen) atoms. The predicted molar refractivity (Wildman–Crippen MR) is 218 cm³/mol. The van der Waals surface area contributed by atoms with Crippen LogP contribution in [0.5, 0.6) is 0 Å². The number of benzene rings is 1. The Labute approximate surface area is 336 Å². The minimum absolute atomic E-state index is 0. The molecule has 0 aliphatic carbocycles. The molecule has 0 aromatic heterocycles. The van der Waals surface area contributed by atoms with Gasteiger partial charge in [-0.2, -0.15) is 8.42 Å². The Morgan fingerprint density at radius 1 is 0.490 bits per heavy atom. The first kappa shape index (κ1) is 50.1. The van der Waals surface area contributed by atoms with Crippen molar-refractivity contribution in [3.8, 4) is 0 Å². The molecule has 0 fully saturated rings. The largest absolute Gasteiger partial charge is 0.326 e. The zero-order chi connectivity index (χ0) is 36.5. The van der Waals surface area contributed by atoms with Crippen LogP contribution < -0.4 is 10.6 Å². The van der Waals surface area contributed by atoms with Crippen LogP contribution in [0.25, 0.3) is 0 Å². The molecule has 0 aliphatic heterocycles. The van der Waals surface area contributed by atoms with Gasteiger partial charge in [0.05, 0.1) is 5.69 Å². The summed E-state index contributed by atoms with van der Waals surface area (Å²) in [5, 5.41) is 5.47. The Kier molecular flexibility index (Phi) is 34.2. The third kappa shape index (κ3) is 30.1. The van der Waals surface area contributed by atoms with Gasteiger partial charge < -0.3 is 10.6 Å². The van der Waals surface area contributed by atoms with E-state index >= 15 is 0 Å². The normalized spacial score (nSPS) is 11.4. The van der Waals surface area contributed by atoms with Crippen LogP contribution in [-0.4, -0.2) is 54.3 Å². The first-order chi connectivity index (χ1) is 24.3. The van der Waals surface area contributed by atoms with Gasteiger partial charge in [-0.15, -0.1) is 0 Å². The Bertz CT molecular complexity index is 1100. The van der Waals surface area contributed by atoms with Crippen LogP contribution in [0, 0.1) is 0 Å². The van der Waals surface area contributed by atoms with Crippen LogP contribution in [0.4, 0.5) is 11.4 Å². The molecular formula is C42H76N2NaO5S. The Hall–Kier alpha value is -0.930. The first-order valence-corrected chi connectivity index (χ1v) is 22.4. The van der Waals surface area contributed by atoms with Crippen molar-refractivity contribution in [1.29, 1.82) is 0 Å². The van der Waals surface area contributed by atoms with E-state index in [0.717, 1.165) is 38.5 Å². The smallest absolute Gasteiger partial charge is 0.296 e. The summed E-state index contributed by atoms with van der Waals surface area (Å²) >= 11 is 0. The summed E-state index contributed by atoms with van der Waals surface area (Å²) in [6.07, 6.45) is 38.3. The maximum absolute atomic E-state index is 12.7. The van der Waals surface area contributed by atoms with E-state index in [1.807, 2.05) is 0 Å². The van der Waals surface area contributed by atoms with Crippen LogP contribution >= 0.6 is 0 Å². The zero-order valence-electron chi connectivity index (χ0n) is 33.3. The number of nitrogens with one attached hydrogen (secondary N) is 2. The van der Waals surface area contributed by atoms with Crippen LogP contribution in [0.3, 0.4) is 0 Å². The van der Waals surface area contributed by atoms with Gasteiger partial charge in [-0.1, -0.05) is 194 Å². The fraction of sp³-hybridized carbons (Fsp3) is 0.810. The van der Waals surface area contributed by atoms with Gasteiger partial charge in [-0.3, -0.25) is 14.1 Å². The van der Waals surface area contributed by atoms with E-state index in [4.69, 9.17) is 0 Å². The third-order valence-corrected chi connectivity index (χ3v) is 10.7. The molecule has 1 aromatic rings. The molecule has 0 saturated carbocycles. The summed E-state index contributed by atoms with van der Waals surface area (Å²) < 4.78 is 33.6. The molecule has 291 valence electrons. The van der Waals surface area contributed by atoms with E-state index in [1.165, 1.54) is 172 Å². The molecule has 1 radical (unpaired) electrons. The van der Waals surface area contributed by atoms with Gasteiger partial charge in [-0.25, -0.2) is 0 Å². The number of carbonyl (C=O) groups excluding carboxylic acids is 2. The summed E-state index contributed by atoms with van der Waals surface area (Å²) in [5.41, 5.74) is 0.383. The summed E-state index contributed by atoms with van der Waals surface area (Å²) in [4.78, 5) is 24.8. The van der Waals surface area contributed by atoms with Crippen molar-refractivity contribution in [1.82, 2.24) is 0 Å². The van der Waals surface area contributed by atoms with Crippen LogP contribution in [0.1, 0.15) is 219 Å². The molecular weight excluding hydrogens is 668 g/mol. The molecule has 9 heteroatoms. The average Bonchev–Trinajstić information content (AvgIpc) is 3.07. The second kappa shape index (κ2) is 34.8. The van der Waals surface area contributed by atoms with Crippen molar-refractivity contribution >= 4 is 62.9 Å². The van der Waals surface area contributed by atoms with E-state index in [-0.39, 0.29) is 58.4 Å². The molecule has 0 atom stereocenters. The summed E-state index contributed by atoms with van der Waals surface area (Å²) in [7, 11) is -4.54.